The maximum atomic E-state index is 13.0. The van der Waals surface area contributed by atoms with Crippen LogP contribution in [-0.2, 0) is 10.2 Å². The van der Waals surface area contributed by atoms with Crippen LogP contribution >= 0.6 is 11.8 Å². The summed E-state index contributed by atoms with van der Waals surface area (Å²) in [5.74, 6) is 2.02. The van der Waals surface area contributed by atoms with E-state index in [2.05, 4.69) is 85.8 Å². The fourth-order valence-electron chi connectivity index (χ4n) is 4.47. The van der Waals surface area contributed by atoms with Crippen LogP contribution in [0.3, 0.4) is 0 Å². The number of likely N-dealkylation sites (tertiary alicyclic amines) is 1. The smallest absolute Gasteiger partial charge is 0.233 e. The Morgan fingerprint density at radius 2 is 1.73 bits per heavy atom. The largest absolute Gasteiger partial charge is 0.339 e. The summed E-state index contributed by atoms with van der Waals surface area (Å²) in [7, 11) is 0. The molecule has 1 amide bonds. The van der Waals surface area contributed by atoms with E-state index in [0.717, 1.165) is 41.6 Å². The monoisotopic (exact) mass is 462 g/mol. The number of para-hydroxylation sites is 1. The number of thioether (sulfide) groups is 1. The molecule has 174 valence electrons. The molecule has 1 aliphatic rings. The van der Waals surface area contributed by atoms with Crippen molar-refractivity contribution >= 4 is 17.7 Å². The fraction of sp³-hybridized carbons (Fsp3) is 0.444. The summed E-state index contributed by atoms with van der Waals surface area (Å²) in [6.07, 6.45) is 2.15. The maximum Gasteiger partial charge on any atom is 0.233 e. The Kier molecular flexibility index (Phi) is 6.94. The van der Waals surface area contributed by atoms with Gasteiger partial charge in [0.05, 0.1) is 5.75 Å². The van der Waals surface area contributed by atoms with E-state index in [1.54, 1.807) is 0 Å². The van der Waals surface area contributed by atoms with E-state index in [1.165, 1.54) is 17.3 Å². The van der Waals surface area contributed by atoms with Crippen LogP contribution in [0, 0.1) is 5.92 Å². The molecular weight excluding hydrogens is 428 g/mol. The molecule has 1 saturated heterocycles. The SMILES string of the molecule is C[C@H]1CCN(C(=O)CSc2nnc(-c3ccc(C(C)(C)C)cc3)n2-c2ccccc2)[C@@H](C)C1. The summed E-state index contributed by atoms with van der Waals surface area (Å²) in [5.41, 5.74) is 3.38. The van der Waals surface area contributed by atoms with Crippen molar-refractivity contribution in [2.24, 2.45) is 5.92 Å². The van der Waals surface area contributed by atoms with E-state index in [4.69, 9.17) is 0 Å². The molecule has 3 aromatic rings. The van der Waals surface area contributed by atoms with E-state index in [9.17, 15) is 4.79 Å². The zero-order chi connectivity index (χ0) is 23.6. The van der Waals surface area contributed by atoms with Gasteiger partial charge >= 0.3 is 0 Å². The van der Waals surface area contributed by atoms with E-state index in [-0.39, 0.29) is 11.3 Å². The number of carbonyl (C=O) groups is 1. The standard InChI is InChI=1S/C27H34N4OS/c1-19-15-16-30(20(2)17-19)24(32)18-33-26-29-28-25(31(26)23-9-7-6-8-10-23)21-11-13-22(14-12-21)27(3,4)5/h6-14,19-20H,15-18H2,1-5H3/t19-,20-/m0/s1. The highest BCUT2D eigenvalue weighted by Crippen LogP contribution is 2.31. The van der Waals surface area contributed by atoms with Crippen molar-refractivity contribution in [1.82, 2.24) is 19.7 Å². The minimum absolute atomic E-state index is 0.0936. The Morgan fingerprint density at radius 3 is 2.36 bits per heavy atom. The number of hydrogen-bond acceptors (Lipinski definition) is 4. The molecule has 0 radical (unpaired) electrons. The third-order valence-electron chi connectivity index (χ3n) is 6.44. The first-order valence-corrected chi connectivity index (χ1v) is 12.8. The second-order valence-electron chi connectivity index (χ2n) is 10.2. The van der Waals surface area contributed by atoms with Crippen LogP contribution < -0.4 is 0 Å². The molecule has 1 fully saturated rings. The Labute approximate surface area is 201 Å². The average molecular weight is 463 g/mol. The molecule has 1 aromatic heterocycles. The summed E-state index contributed by atoms with van der Waals surface area (Å²) < 4.78 is 2.06. The maximum absolute atomic E-state index is 13.0. The van der Waals surface area contributed by atoms with Crippen LogP contribution in [0.4, 0.5) is 0 Å². The third kappa shape index (κ3) is 5.32. The molecule has 6 heteroatoms. The van der Waals surface area contributed by atoms with Crippen molar-refractivity contribution in [2.75, 3.05) is 12.3 Å². The van der Waals surface area contributed by atoms with Crippen molar-refractivity contribution in [2.45, 2.75) is 64.1 Å². The molecule has 4 rings (SSSR count). The first-order valence-electron chi connectivity index (χ1n) is 11.8. The van der Waals surface area contributed by atoms with E-state index in [0.29, 0.717) is 17.7 Å². The molecule has 0 bridgehead atoms. The lowest BCUT2D eigenvalue weighted by molar-refractivity contribution is -0.132. The van der Waals surface area contributed by atoms with Crippen LogP contribution in [0.2, 0.25) is 0 Å². The number of carbonyl (C=O) groups excluding carboxylic acids is 1. The minimum atomic E-state index is 0.0936. The summed E-state index contributed by atoms with van der Waals surface area (Å²) in [6, 6.07) is 19.0. The average Bonchev–Trinajstić information content (AvgIpc) is 3.21. The fourth-order valence-corrected chi connectivity index (χ4v) is 5.30. The summed E-state index contributed by atoms with van der Waals surface area (Å²) in [6.45, 7) is 11.9. The number of piperidine rings is 1. The number of hydrogen-bond donors (Lipinski definition) is 0. The van der Waals surface area contributed by atoms with Gasteiger partial charge in [-0.05, 0) is 48.8 Å². The topological polar surface area (TPSA) is 51.0 Å². The van der Waals surface area contributed by atoms with Crippen molar-refractivity contribution < 1.29 is 4.79 Å². The number of nitrogens with zero attached hydrogens (tertiary/aromatic N) is 4. The molecule has 0 N–H and O–H groups in total. The molecule has 2 heterocycles. The van der Waals surface area contributed by atoms with Gasteiger partial charge in [0.1, 0.15) is 0 Å². The van der Waals surface area contributed by atoms with Crippen LogP contribution in [0.1, 0.15) is 53.0 Å². The van der Waals surface area contributed by atoms with Crippen LogP contribution in [-0.4, -0.2) is 43.9 Å². The second kappa shape index (κ2) is 9.72. The molecule has 0 unspecified atom stereocenters. The van der Waals surface area contributed by atoms with Gasteiger partial charge in [0.15, 0.2) is 11.0 Å². The molecule has 0 aliphatic carbocycles. The predicted molar refractivity (Wildman–Crippen MR) is 136 cm³/mol. The first-order chi connectivity index (χ1) is 15.7. The van der Waals surface area contributed by atoms with Gasteiger partial charge in [0.2, 0.25) is 5.91 Å². The van der Waals surface area contributed by atoms with Gasteiger partial charge in [0.25, 0.3) is 0 Å². The number of rotatable bonds is 5. The van der Waals surface area contributed by atoms with Gasteiger partial charge in [-0.3, -0.25) is 9.36 Å². The molecule has 0 saturated carbocycles. The number of benzene rings is 2. The normalized spacial score (nSPS) is 19.0. The van der Waals surface area contributed by atoms with E-state index < -0.39 is 0 Å². The third-order valence-corrected chi connectivity index (χ3v) is 7.35. The number of amides is 1. The second-order valence-corrected chi connectivity index (χ2v) is 11.1. The van der Waals surface area contributed by atoms with Crippen molar-refractivity contribution in [1.29, 1.82) is 0 Å². The van der Waals surface area contributed by atoms with Gasteiger partial charge < -0.3 is 4.90 Å². The molecular formula is C27H34N4OS. The summed E-state index contributed by atoms with van der Waals surface area (Å²) in [5, 5.41) is 9.77. The molecule has 5 nitrogen and oxygen atoms in total. The molecule has 2 atom stereocenters. The highest BCUT2D eigenvalue weighted by Gasteiger charge is 2.27. The first kappa shape index (κ1) is 23.6. The van der Waals surface area contributed by atoms with Gasteiger partial charge in [-0.2, -0.15) is 0 Å². The van der Waals surface area contributed by atoms with Gasteiger partial charge in [-0.15, -0.1) is 10.2 Å². The van der Waals surface area contributed by atoms with Crippen LogP contribution in [0.5, 0.6) is 0 Å². The molecule has 2 aromatic carbocycles. The highest BCUT2D eigenvalue weighted by molar-refractivity contribution is 7.99. The van der Waals surface area contributed by atoms with Crippen molar-refractivity contribution in [3.05, 3.63) is 60.2 Å². The molecule has 1 aliphatic heterocycles. The lowest BCUT2D eigenvalue weighted by atomic mass is 9.87. The Hall–Kier alpha value is -2.60. The Bertz CT molecular complexity index is 1090. The van der Waals surface area contributed by atoms with Crippen LogP contribution in [0.25, 0.3) is 17.1 Å². The van der Waals surface area contributed by atoms with Gasteiger partial charge in [-0.1, -0.05) is 81.9 Å². The zero-order valence-corrected chi connectivity index (χ0v) is 21.1. The zero-order valence-electron chi connectivity index (χ0n) is 20.3. The lowest BCUT2D eigenvalue weighted by Crippen LogP contribution is -2.45. The molecule has 0 spiro atoms. The predicted octanol–water partition coefficient (Wildman–Crippen LogP) is 5.97. The molecule has 33 heavy (non-hydrogen) atoms. The lowest BCUT2D eigenvalue weighted by Gasteiger charge is -2.36. The van der Waals surface area contributed by atoms with Crippen molar-refractivity contribution in [3.8, 4) is 17.1 Å². The van der Waals surface area contributed by atoms with Gasteiger partial charge in [0, 0.05) is 23.8 Å². The Morgan fingerprint density at radius 1 is 1.03 bits per heavy atom. The summed E-state index contributed by atoms with van der Waals surface area (Å²) >= 11 is 1.47. The Balaban J connectivity index is 1.60. The minimum Gasteiger partial charge on any atom is -0.339 e. The highest BCUT2D eigenvalue weighted by atomic mass is 32.2. The van der Waals surface area contributed by atoms with Gasteiger partial charge in [-0.25, -0.2) is 0 Å². The summed E-state index contributed by atoms with van der Waals surface area (Å²) in [4.78, 5) is 15.0. The number of aromatic nitrogens is 3. The van der Waals surface area contributed by atoms with E-state index in [1.807, 2.05) is 23.1 Å². The van der Waals surface area contributed by atoms with Crippen molar-refractivity contribution in [3.63, 3.8) is 0 Å². The van der Waals surface area contributed by atoms with Crippen LogP contribution in [0.15, 0.2) is 59.8 Å². The quantitative estimate of drug-likeness (QED) is 0.438. The van der Waals surface area contributed by atoms with E-state index >= 15 is 0 Å².